The highest BCUT2D eigenvalue weighted by molar-refractivity contribution is 5.94. The lowest BCUT2D eigenvalue weighted by molar-refractivity contribution is 0.0512. The third-order valence-electron chi connectivity index (χ3n) is 4.00. The number of ether oxygens (including phenoxy) is 3. The zero-order chi connectivity index (χ0) is 19.2. The van der Waals surface area contributed by atoms with Crippen molar-refractivity contribution in [2.75, 3.05) is 26.1 Å². The summed E-state index contributed by atoms with van der Waals surface area (Å²) in [6.45, 7) is 2.46. The van der Waals surface area contributed by atoms with E-state index < -0.39 is 5.97 Å². The van der Waals surface area contributed by atoms with Crippen molar-refractivity contribution in [1.29, 1.82) is 0 Å². The van der Waals surface area contributed by atoms with E-state index in [1.807, 2.05) is 42.5 Å². The topological polar surface area (TPSA) is 82.6 Å². The smallest absolute Gasteiger partial charge is 0.376 e. The summed E-state index contributed by atoms with van der Waals surface area (Å²) in [5.74, 6) is 1.45. The third kappa shape index (κ3) is 4.08. The van der Waals surface area contributed by atoms with Gasteiger partial charge < -0.3 is 19.5 Å². The number of nitrogens with zero attached hydrogens (tertiary/aromatic N) is 2. The monoisotopic (exact) mass is 367 g/mol. The molecule has 1 aromatic heterocycles. The molecule has 0 unspecified atom stereocenters. The average Bonchev–Trinajstić information content (AvgIpc) is 2.71. The molecule has 27 heavy (non-hydrogen) atoms. The fourth-order valence-electron chi connectivity index (χ4n) is 2.68. The average molecular weight is 367 g/mol. The van der Waals surface area contributed by atoms with Crippen molar-refractivity contribution in [2.45, 2.75) is 13.5 Å². The summed E-state index contributed by atoms with van der Waals surface area (Å²) in [4.78, 5) is 20.7. The molecule has 0 aliphatic heterocycles. The molecular weight excluding hydrogens is 346 g/mol. The summed E-state index contributed by atoms with van der Waals surface area (Å²) >= 11 is 0. The van der Waals surface area contributed by atoms with Gasteiger partial charge in [0.2, 0.25) is 5.82 Å². The molecule has 3 rings (SSSR count). The molecule has 7 heteroatoms. The van der Waals surface area contributed by atoms with Crippen LogP contribution in [-0.4, -0.2) is 36.8 Å². The van der Waals surface area contributed by atoms with Gasteiger partial charge in [-0.3, -0.25) is 0 Å². The van der Waals surface area contributed by atoms with E-state index in [-0.39, 0.29) is 12.4 Å². The number of hydrogen-bond acceptors (Lipinski definition) is 7. The normalized spacial score (nSPS) is 10.5. The Hall–Kier alpha value is -3.35. The molecule has 0 saturated heterocycles. The summed E-state index contributed by atoms with van der Waals surface area (Å²) in [7, 11) is 3.22. The van der Waals surface area contributed by atoms with Crippen LogP contribution in [0.3, 0.4) is 0 Å². The van der Waals surface area contributed by atoms with Crippen LogP contribution in [0.15, 0.2) is 42.5 Å². The van der Waals surface area contributed by atoms with Crippen LogP contribution in [-0.2, 0) is 11.3 Å². The van der Waals surface area contributed by atoms with E-state index in [2.05, 4.69) is 15.3 Å². The molecule has 0 spiro atoms. The van der Waals surface area contributed by atoms with Crippen LogP contribution in [0.25, 0.3) is 10.9 Å². The number of esters is 1. The lowest BCUT2D eigenvalue weighted by Gasteiger charge is -2.13. The molecular formula is C20H21N3O4. The molecule has 7 nitrogen and oxygen atoms in total. The highest BCUT2D eigenvalue weighted by Crippen LogP contribution is 2.26. The minimum absolute atomic E-state index is 0.0275. The maximum Gasteiger partial charge on any atom is 0.376 e. The second kappa shape index (κ2) is 8.35. The molecule has 2 aromatic carbocycles. The second-order valence-corrected chi connectivity index (χ2v) is 5.66. The molecule has 0 atom stereocenters. The number of hydrogen-bond donors (Lipinski definition) is 1. The number of para-hydroxylation sites is 1. The number of rotatable bonds is 7. The van der Waals surface area contributed by atoms with E-state index in [4.69, 9.17) is 14.2 Å². The van der Waals surface area contributed by atoms with E-state index in [1.54, 1.807) is 21.1 Å². The van der Waals surface area contributed by atoms with Gasteiger partial charge in [-0.2, -0.15) is 0 Å². The fraction of sp³-hybridized carbons (Fsp3) is 0.250. The summed E-state index contributed by atoms with van der Waals surface area (Å²) < 4.78 is 15.7. The van der Waals surface area contributed by atoms with Gasteiger partial charge in [0.25, 0.3) is 0 Å². The maximum atomic E-state index is 12.1. The highest BCUT2D eigenvalue weighted by atomic mass is 16.5. The van der Waals surface area contributed by atoms with E-state index >= 15 is 0 Å². The van der Waals surface area contributed by atoms with Crippen molar-refractivity contribution in [3.05, 3.63) is 53.9 Å². The van der Waals surface area contributed by atoms with Crippen LogP contribution in [0.4, 0.5) is 5.82 Å². The van der Waals surface area contributed by atoms with Crippen LogP contribution >= 0.6 is 0 Å². The Kier molecular flexibility index (Phi) is 5.71. The predicted molar refractivity (Wildman–Crippen MR) is 102 cm³/mol. The minimum atomic E-state index is -0.548. The number of fused-ring (bicyclic) bond motifs is 1. The number of methoxy groups -OCH3 is 2. The minimum Gasteiger partial charge on any atom is -0.497 e. The quantitative estimate of drug-likeness (QED) is 0.641. The van der Waals surface area contributed by atoms with Crippen molar-refractivity contribution < 1.29 is 19.0 Å². The molecule has 0 amide bonds. The number of benzene rings is 2. The molecule has 0 bridgehead atoms. The summed E-state index contributed by atoms with van der Waals surface area (Å²) in [5.41, 5.74) is 1.60. The number of nitrogens with one attached hydrogen (secondary N) is 1. The first-order chi connectivity index (χ1) is 13.2. The van der Waals surface area contributed by atoms with Crippen molar-refractivity contribution in [3.63, 3.8) is 0 Å². The van der Waals surface area contributed by atoms with E-state index in [0.717, 1.165) is 10.9 Å². The molecule has 0 fully saturated rings. The van der Waals surface area contributed by atoms with Crippen molar-refractivity contribution in [1.82, 2.24) is 9.97 Å². The SMILES string of the molecule is CCOC(=O)c1nc(NCc2ccc(OC)cc2OC)c2ccccc2n1. The van der Waals surface area contributed by atoms with Gasteiger partial charge in [0.1, 0.15) is 17.3 Å². The zero-order valence-corrected chi connectivity index (χ0v) is 15.5. The Bertz CT molecular complexity index is 959. The Morgan fingerprint density at radius 2 is 1.89 bits per heavy atom. The van der Waals surface area contributed by atoms with Crippen LogP contribution in [0.1, 0.15) is 23.1 Å². The van der Waals surface area contributed by atoms with Crippen LogP contribution in [0.2, 0.25) is 0 Å². The Morgan fingerprint density at radius 1 is 1.07 bits per heavy atom. The van der Waals surface area contributed by atoms with Gasteiger partial charge in [-0.05, 0) is 31.2 Å². The molecule has 0 aliphatic carbocycles. The van der Waals surface area contributed by atoms with Gasteiger partial charge in [-0.1, -0.05) is 12.1 Å². The lowest BCUT2D eigenvalue weighted by atomic mass is 10.1. The molecule has 0 saturated carbocycles. The number of carbonyl (C=O) groups excluding carboxylic acids is 1. The van der Waals surface area contributed by atoms with Gasteiger partial charge in [0.05, 0.1) is 26.3 Å². The van der Waals surface area contributed by atoms with Crippen molar-refractivity contribution in [2.24, 2.45) is 0 Å². The Labute approximate surface area is 157 Å². The van der Waals surface area contributed by atoms with E-state index in [0.29, 0.717) is 29.4 Å². The molecule has 0 aliphatic rings. The van der Waals surface area contributed by atoms with Crippen LogP contribution in [0, 0.1) is 0 Å². The highest BCUT2D eigenvalue weighted by Gasteiger charge is 2.15. The van der Waals surface area contributed by atoms with E-state index in [9.17, 15) is 4.79 Å². The van der Waals surface area contributed by atoms with Crippen molar-refractivity contribution in [3.8, 4) is 11.5 Å². The zero-order valence-electron chi connectivity index (χ0n) is 15.5. The first-order valence-corrected chi connectivity index (χ1v) is 8.55. The first-order valence-electron chi connectivity index (χ1n) is 8.55. The molecule has 1 N–H and O–H groups in total. The van der Waals surface area contributed by atoms with Gasteiger partial charge in [0, 0.05) is 23.6 Å². The molecule has 3 aromatic rings. The summed E-state index contributed by atoms with van der Waals surface area (Å²) in [5, 5.41) is 4.09. The molecule has 1 heterocycles. The first kappa shape index (κ1) is 18.4. The van der Waals surface area contributed by atoms with Crippen LogP contribution < -0.4 is 14.8 Å². The van der Waals surface area contributed by atoms with Gasteiger partial charge in [-0.15, -0.1) is 0 Å². The van der Waals surface area contributed by atoms with Gasteiger partial charge >= 0.3 is 5.97 Å². The third-order valence-corrected chi connectivity index (χ3v) is 4.00. The molecule has 0 radical (unpaired) electrons. The Morgan fingerprint density at radius 3 is 2.63 bits per heavy atom. The second-order valence-electron chi connectivity index (χ2n) is 5.66. The fourth-order valence-corrected chi connectivity index (χ4v) is 2.68. The van der Waals surface area contributed by atoms with Gasteiger partial charge in [0.15, 0.2) is 0 Å². The lowest BCUT2D eigenvalue weighted by Crippen LogP contribution is -2.12. The largest absolute Gasteiger partial charge is 0.497 e. The summed E-state index contributed by atoms with van der Waals surface area (Å²) in [6, 6.07) is 13.1. The van der Waals surface area contributed by atoms with Crippen LogP contribution in [0.5, 0.6) is 11.5 Å². The standard InChI is InChI=1S/C20H21N3O4/c1-4-27-20(24)19-22-16-8-6-5-7-15(16)18(23-19)21-12-13-9-10-14(25-2)11-17(13)26-3/h5-11H,4,12H2,1-3H3,(H,21,22,23). The number of carbonyl (C=O) groups is 1. The molecule has 140 valence electrons. The number of aromatic nitrogens is 2. The Balaban J connectivity index is 1.93. The number of anilines is 1. The van der Waals surface area contributed by atoms with Gasteiger partial charge in [-0.25, -0.2) is 14.8 Å². The summed E-state index contributed by atoms with van der Waals surface area (Å²) in [6.07, 6.45) is 0. The van der Waals surface area contributed by atoms with E-state index in [1.165, 1.54) is 0 Å². The van der Waals surface area contributed by atoms with Crippen molar-refractivity contribution >= 4 is 22.7 Å². The predicted octanol–water partition coefficient (Wildman–Crippen LogP) is 3.44. The maximum absolute atomic E-state index is 12.1.